The van der Waals surface area contributed by atoms with Gasteiger partial charge in [0.2, 0.25) is 0 Å². The Bertz CT molecular complexity index is 2560. The number of hydrogen-bond acceptors (Lipinski definition) is 2. The monoisotopic (exact) mass is 525 g/mol. The van der Waals surface area contributed by atoms with Gasteiger partial charge in [0, 0.05) is 12.4 Å². The van der Waals surface area contributed by atoms with E-state index in [-0.39, 0.29) is 5.69 Å². The van der Waals surface area contributed by atoms with Crippen molar-refractivity contribution in [2.24, 2.45) is 7.05 Å². The first-order valence-electron chi connectivity index (χ1n) is 13.8. The summed E-state index contributed by atoms with van der Waals surface area (Å²) >= 11 is 0. The van der Waals surface area contributed by atoms with Crippen LogP contribution in [0, 0.1) is 0 Å². The van der Waals surface area contributed by atoms with Crippen molar-refractivity contribution in [2.45, 2.75) is 0 Å². The van der Waals surface area contributed by atoms with Crippen LogP contribution >= 0.6 is 0 Å². The summed E-state index contributed by atoms with van der Waals surface area (Å²) in [7, 11) is 1.85. The lowest BCUT2D eigenvalue weighted by Gasteiger charge is -2.17. The van der Waals surface area contributed by atoms with Crippen molar-refractivity contribution >= 4 is 59.9 Å². The van der Waals surface area contributed by atoms with E-state index in [1.165, 1.54) is 43.4 Å². The number of benzene rings is 7. The largest absolute Gasteiger partial charge is 0.334 e. The molecule has 192 valence electrons. The summed E-state index contributed by atoms with van der Waals surface area (Å²) in [6.45, 7) is 0. The lowest BCUT2D eigenvalue weighted by molar-refractivity contribution is 0.836. The minimum Gasteiger partial charge on any atom is -0.296 e. The molecule has 0 aliphatic heterocycles. The van der Waals surface area contributed by atoms with Crippen molar-refractivity contribution in [3.05, 3.63) is 132 Å². The van der Waals surface area contributed by atoms with Crippen LogP contribution in [0.5, 0.6) is 0 Å². The predicted octanol–water partition coefficient (Wildman–Crippen LogP) is 8.57. The number of aryl methyl sites for hydroxylation is 1. The van der Waals surface area contributed by atoms with E-state index in [9.17, 15) is 4.79 Å². The van der Waals surface area contributed by atoms with Gasteiger partial charge >= 0.3 is 5.69 Å². The minimum absolute atomic E-state index is 0.0952. The molecule has 2 heterocycles. The van der Waals surface area contributed by atoms with Gasteiger partial charge in [-0.1, -0.05) is 97.1 Å². The highest BCUT2D eigenvalue weighted by atomic mass is 16.1. The van der Waals surface area contributed by atoms with Crippen molar-refractivity contribution in [1.82, 2.24) is 14.0 Å². The average molecular weight is 526 g/mol. The highest BCUT2D eigenvalue weighted by Crippen LogP contribution is 2.42. The highest BCUT2D eigenvalue weighted by Gasteiger charge is 2.17. The summed E-state index contributed by atoms with van der Waals surface area (Å²) in [5, 5.41) is 8.47. The molecular weight excluding hydrogens is 502 g/mol. The molecule has 0 N–H and O–H groups in total. The van der Waals surface area contributed by atoms with Crippen molar-refractivity contribution in [3.8, 4) is 22.3 Å². The Morgan fingerprint density at radius 1 is 0.561 bits per heavy atom. The van der Waals surface area contributed by atoms with Gasteiger partial charge in [-0.15, -0.1) is 0 Å². The van der Waals surface area contributed by atoms with E-state index < -0.39 is 0 Å². The van der Waals surface area contributed by atoms with Gasteiger partial charge in [-0.2, -0.15) is 0 Å². The number of rotatable bonds is 2. The summed E-state index contributed by atoms with van der Waals surface area (Å²) in [5.41, 5.74) is 7.82. The molecule has 0 fully saturated rings. The molecule has 0 saturated heterocycles. The molecule has 0 atom stereocenters. The normalized spacial score (nSPS) is 12.1. The Labute approximate surface area is 234 Å². The van der Waals surface area contributed by atoms with Crippen LogP contribution in [-0.4, -0.2) is 14.0 Å². The first kappa shape index (κ1) is 22.3. The molecule has 2 aromatic heterocycles. The van der Waals surface area contributed by atoms with Crippen LogP contribution < -0.4 is 5.69 Å². The van der Waals surface area contributed by atoms with E-state index in [2.05, 4.69) is 97.1 Å². The first-order chi connectivity index (χ1) is 20.2. The van der Waals surface area contributed by atoms with Gasteiger partial charge in [0.15, 0.2) is 5.65 Å². The van der Waals surface area contributed by atoms with E-state index >= 15 is 0 Å². The Morgan fingerprint density at radius 3 is 1.90 bits per heavy atom. The highest BCUT2D eigenvalue weighted by molar-refractivity contribution is 6.27. The van der Waals surface area contributed by atoms with Crippen molar-refractivity contribution in [2.75, 3.05) is 0 Å². The second kappa shape index (κ2) is 8.03. The van der Waals surface area contributed by atoms with E-state index in [1.807, 2.05) is 31.3 Å². The molecule has 4 heteroatoms. The second-order valence-corrected chi connectivity index (χ2v) is 10.8. The van der Waals surface area contributed by atoms with Crippen LogP contribution in [0.15, 0.2) is 126 Å². The Morgan fingerprint density at radius 2 is 1.17 bits per heavy atom. The molecule has 0 radical (unpaired) electrons. The number of imidazole rings is 1. The van der Waals surface area contributed by atoms with Gasteiger partial charge in [0.05, 0.1) is 16.6 Å². The first-order valence-corrected chi connectivity index (χ1v) is 13.8. The lowest BCUT2D eigenvalue weighted by Crippen LogP contribution is -2.24. The van der Waals surface area contributed by atoms with E-state index in [0.717, 1.165) is 33.1 Å². The Balaban J connectivity index is 1.33. The summed E-state index contributed by atoms with van der Waals surface area (Å²) in [6, 6.07) is 42.7. The van der Waals surface area contributed by atoms with E-state index in [4.69, 9.17) is 4.98 Å². The molecule has 4 nitrogen and oxygen atoms in total. The molecular formula is C37H23N3O. The van der Waals surface area contributed by atoms with Crippen LogP contribution in [0.1, 0.15) is 0 Å². The molecule has 9 rings (SSSR count). The zero-order valence-electron chi connectivity index (χ0n) is 22.3. The number of para-hydroxylation sites is 2. The molecule has 0 aliphatic carbocycles. The third-order valence-electron chi connectivity index (χ3n) is 8.70. The number of aromatic nitrogens is 3. The standard InChI is InChI=1S/C37H23N3O/c1-39-33-21-25(15-20-30(33)36-38-31-9-5-6-10-32(31)40(36)37(39)41)27-17-12-24-13-18-28-26(22-7-3-2-4-8-22)16-11-23-14-19-29(27)35(24)34(23)28/h2-21H,1H3. The fraction of sp³-hybridized carbons (Fsp3) is 0.0270. The predicted molar refractivity (Wildman–Crippen MR) is 170 cm³/mol. The SMILES string of the molecule is Cn1c(=O)n2c3ccccc3nc2c2ccc(-c3ccc4ccc5c(-c6ccccc6)ccc6ccc3c4c65)cc21. The molecule has 7 aromatic carbocycles. The number of nitrogens with zero attached hydrogens (tertiary/aromatic N) is 3. The fourth-order valence-corrected chi connectivity index (χ4v) is 6.74. The van der Waals surface area contributed by atoms with Crippen LogP contribution in [0.4, 0.5) is 0 Å². The third-order valence-corrected chi connectivity index (χ3v) is 8.70. The zero-order chi connectivity index (χ0) is 27.2. The van der Waals surface area contributed by atoms with Crippen LogP contribution in [-0.2, 0) is 7.05 Å². The molecule has 0 bridgehead atoms. The quantitative estimate of drug-likeness (QED) is 0.212. The second-order valence-electron chi connectivity index (χ2n) is 10.8. The summed E-state index contributed by atoms with van der Waals surface area (Å²) in [5.74, 6) is 0. The number of fused-ring (bicyclic) bond motifs is 5. The summed E-state index contributed by atoms with van der Waals surface area (Å²) in [4.78, 5) is 18.4. The molecule has 0 unspecified atom stereocenters. The Kier molecular flexibility index (Phi) is 4.37. The van der Waals surface area contributed by atoms with Gasteiger partial charge in [-0.3, -0.25) is 4.57 Å². The van der Waals surface area contributed by atoms with Gasteiger partial charge in [-0.05, 0) is 78.8 Å². The molecule has 0 aliphatic rings. The maximum Gasteiger partial charge on any atom is 0.334 e. The van der Waals surface area contributed by atoms with E-state index in [0.29, 0.717) is 5.65 Å². The maximum absolute atomic E-state index is 13.5. The van der Waals surface area contributed by atoms with Gasteiger partial charge < -0.3 is 0 Å². The van der Waals surface area contributed by atoms with Gasteiger partial charge in [-0.25, -0.2) is 14.2 Å². The molecule has 0 saturated carbocycles. The van der Waals surface area contributed by atoms with Crippen molar-refractivity contribution in [1.29, 1.82) is 0 Å². The van der Waals surface area contributed by atoms with Crippen LogP contribution in [0.2, 0.25) is 0 Å². The topological polar surface area (TPSA) is 39.3 Å². The zero-order valence-corrected chi connectivity index (χ0v) is 22.3. The summed E-state index contributed by atoms with van der Waals surface area (Å²) < 4.78 is 3.46. The Hall–Kier alpha value is -5.48. The summed E-state index contributed by atoms with van der Waals surface area (Å²) in [6.07, 6.45) is 0. The van der Waals surface area contributed by atoms with Gasteiger partial charge in [0.1, 0.15) is 0 Å². The number of hydrogen-bond donors (Lipinski definition) is 0. The molecule has 9 aromatic rings. The molecule has 0 spiro atoms. The lowest BCUT2D eigenvalue weighted by atomic mass is 9.87. The van der Waals surface area contributed by atoms with Crippen molar-refractivity contribution in [3.63, 3.8) is 0 Å². The van der Waals surface area contributed by atoms with Crippen LogP contribution in [0.25, 0.3) is 82.2 Å². The van der Waals surface area contributed by atoms with E-state index in [1.54, 1.807) is 8.97 Å². The van der Waals surface area contributed by atoms with Crippen LogP contribution in [0.3, 0.4) is 0 Å². The average Bonchev–Trinajstić information content (AvgIpc) is 3.42. The molecule has 0 amide bonds. The minimum atomic E-state index is -0.0952. The van der Waals surface area contributed by atoms with Gasteiger partial charge in [0.25, 0.3) is 0 Å². The maximum atomic E-state index is 13.5. The van der Waals surface area contributed by atoms with Crippen molar-refractivity contribution < 1.29 is 0 Å². The molecule has 41 heavy (non-hydrogen) atoms. The smallest absolute Gasteiger partial charge is 0.296 e. The fourth-order valence-electron chi connectivity index (χ4n) is 6.74. The third kappa shape index (κ3) is 2.99.